The second-order valence-electron chi connectivity index (χ2n) is 4.67. The molecular weight excluding hydrogens is 310 g/mol. The maximum atomic E-state index is 9.52. The first kappa shape index (κ1) is 14.8. The zero-order chi connectivity index (χ0) is 13.7. The highest BCUT2D eigenvalue weighted by Crippen LogP contribution is 2.28. The van der Waals surface area contributed by atoms with Crippen molar-refractivity contribution in [3.8, 4) is 5.75 Å². The second kappa shape index (κ2) is 7.24. The van der Waals surface area contributed by atoms with Crippen molar-refractivity contribution in [1.82, 2.24) is 5.32 Å². The van der Waals surface area contributed by atoms with E-state index in [1.165, 1.54) is 0 Å². The molecule has 0 bridgehead atoms. The summed E-state index contributed by atoms with van der Waals surface area (Å²) < 4.78 is 11.7. The Hall–Kier alpha value is -0.620. The first-order chi connectivity index (χ1) is 9.24. The number of aliphatic hydroxyl groups excluding tert-OH is 1. The lowest BCUT2D eigenvalue weighted by atomic mass is 10.1. The van der Waals surface area contributed by atoms with Gasteiger partial charge in [-0.25, -0.2) is 0 Å². The molecule has 1 fully saturated rings. The number of benzene rings is 1. The lowest BCUT2D eigenvalue weighted by Gasteiger charge is -2.20. The molecule has 2 unspecified atom stereocenters. The van der Waals surface area contributed by atoms with Crippen LogP contribution in [0.25, 0.3) is 0 Å². The van der Waals surface area contributed by atoms with E-state index in [-0.39, 0.29) is 18.8 Å². The van der Waals surface area contributed by atoms with Gasteiger partial charge in [-0.05, 0) is 46.5 Å². The molecular formula is C14H20BrNO3. The zero-order valence-electron chi connectivity index (χ0n) is 11.1. The number of aliphatic hydroxyl groups is 1. The van der Waals surface area contributed by atoms with E-state index in [2.05, 4.69) is 21.2 Å². The summed E-state index contributed by atoms with van der Waals surface area (Å²) in [5.41, 5.74) is 1.04. The van der Waals surface area contributed by atoms with E-state index in [1.54, 1.807) is 7.11 Å². The Bertz CT molecular complexity index is 408. The standard InChI is InChI=1S/C14H20BrNO3/c1-18-14-5-4-10(7-12(14)15)13(9-17)16-8-11-3-2-6-19-11/h4-5,7,11,13,16-17H,2-3,6,8-9H2,1H3. The second-order valence-corrected chi connectivity index (χ2v) is 5.53. The monoisotopic (exact) mass is 329 g/mol. The minimum Gasteiger partial charge on any atom is -0.496 e. The Labute approximate surface area is 122 Å². The molecule has 1 aliphatic heterocycles. The van der Waals surface area contributed by atoms with Gasteiger partial charge >= 0.3 is 0 Å². The van der Waals surface area contributed by atoms with E-state index in [0.29, 0.717) is 0 Å². The Morgan fingerprint density at radius 3 is 3.00 bits per heavy atom. The van der Waals surface area contributed by atoms with Crippen LogP contribution in [0.2, 0.25) is 0 Å². The summed E-state index contributed by atoms with van der Waals surface area (Å²) in [4.78, 5) is 0. The van der Waals surface area contributed by atoms with E-state index in [0.717, 1.165) is 41.8 Å². The minimum absolute atomic E-state index is 0.0610. The molecule has 0 spiro atoms. The fourth-order valence-electron chi connectivity index (χ4n) is 2.27. The summed E-state index contributed by atoms with van der Waals surface area (Å²) in [6.07, 6.45) is 2.50. The van der Waals surface area contributed by atoms with Crippen LogP contribution in [0.15, 0.2) is 22.7 Å². The topological polar surface area (TPSA) is 50.7 Å². The zero-order valence-corrected chi connectivity index (χ0v) is 12.6. The molecule has 2 atom stereocenters. The molecule has 0 amide bonds. The van der Waals surface area contributed by atoms with E-state index in [9.17, 15) is 5.11 Å². The summed E-state index contributed by atoms with van der Waals surface area (Å²) in [5.74, 6) is 0.791. The fourth-order valence-corrected chi connectivity index (χ4v) is 2.82. The Balaban J connectivity index is 1.97. The van der Waals surface area contributed by atoms with E-state index >= 15 is 0 Å². The van der Waals surface area contributed by atoms with Crippen molar-refractivity contribution in [2.75, 3.05) is 26.9 Å². The lowest BCUT2D eigenvalue weighted by molar-refractivity contribution is 0.104. The van der Waals surface area contributed by atoms with Gasteiger partial charge in [-0.2, -0.15) is 0 Å². The molecule has 1 aromatic carbocycles. The van der Waals surface area contributed by atoms with Crippen LogP contribution in [0, 0.1) is 0 Å². The van der Waals surface area contributed by atoms with Crippen LogP contribution in [0.3, 0.4) is 0 Å². The molecule has 1 heterocycles. The van der Waals surface area contributed by atoms with Crippen LogP contribution < -0.4 is 10.1 Å². The highest BCUT2D eigenvalue weighted by Gasteiger charge is 2.18. The predicted octanol–water partition coefficient (Wildman–Crippen LogP) is 2.26. The van der Waals surface area contributed by atoms with Crippen LogP contribution in [-0.2, 0) is 4.74 Å². The highest BCUT2D eigenvalue weighted by atomic mass is 79.9. The van der Waals surface area contributed by atoms with E-state index in [4.69, 9.17) is 9.47 Å². The smallest absolute Gasteiger partial charge is 0.133 e. The Morgan fingerprint density at radius 2 is 2.42 bits per heavy atom. The largest absolute Gasteiger partial charge is 0.496 e. The van der Waals surface area contributed by atoms with Crippen molar-refractivity contribution >= 4 is 15.9 Å². The molecule has 1 saturated heterocycles. The van der Waals surface area contributed by atoms with Crippen molar-refractivity contribution < 1.29 is 14.6 Å². The van der Waals surface area contributed by atoms with Crippen LogP contribution in [-0.4, -0.2) is 38.1 Å². The van der Waals surface area contributed by atoms with Crippen LogP contribution in [0.5, 0.6) is 5.75 Å². The molecule has 1 aromatic rings. The minimum atomic E-state index is -0.0774. The SMILES string of the molecule is COc1ccc(C(CO)NCC2CCCO2)cc1Br. The molecule has 0 saturated carbocycles. The van der Waals surface area contributed by atoms with Crippen molar-refractivity contribution in [2.24, 2.45) is 0 Å². The normalized spacial score (nSPS) is 20.5. The van der Waals surface area contributed by atoms with Gasteiger partial charge in [-0.1, -0.05) is 6.07 Å². The Morgan fingerprint density at radius 1 is 1.58 bits per heavy atom. The molecule has 2 N–H and O–H groups in total. The third-order valence-corrected chi connectivity index (χ3v) is 4.00. The van der Waals surface area contributed by atoms with Gasteiger partial charge in [0.2, 0.25) is 0 Å². The third-order valence-electron chi connectivity index (χ3n) is 3.38. The molecule has 0 aromatic heterocycles. The van der Waals surface area contributed by atoms with Gasteiger partial charge in [0.25, 0.3) is 0 Å². The quantitative estimate of drug-likeness (QED) is 0.840. The van der Waals surface area contributed by atoms with Gasteiger partial charge in [-0.15, -0.1) is 0 Å². The summed E-state index contributed by atoms with van der Waals surface area (Å²) >= 11 is 3.46. The summed E-state index contributed by atoms with van der Waals surface area (Å²) in [6, 6.07) is 5.76. The number of halogens is 1. The van der Waals surface area contributed by atoms with Gasteiger partial charge in [-0.3, -0.25) is 0 Å². The molecule has 5 heteroatoms. The van der Waals surface area contributed by atoms with Crippen molar-refractivity contribution in [3.63, 3.8) is 0 Å². The lowest BCUT2D eigenvalue weighted by Crippen LogP contribution is -2.31. The fraction of sp³-hybridized carbons (Fsp3) is 0.571. The average Bonchev–Trinajstić information content (AvgIpc) is 2.93. The van der Waals surface area contributed by atoms with Gasteiger partial charge in [0.1, 0.15) is 5.75 Å². The molecule has 1 aliphatic rings. The van der Waals surface area contributed by atoms with Gasteiger partial charge in [0, 0.05) is 13.2 Å². The summed E-state index contributed by atoms with van der Waals surface area (Å²) in [7, 11) is 1.64. The third kappa shape index (κ3) is 3.92. The van der Waals surface area contributed by atoms with Crippen LogP contribution in [0.4, 0.5) is 0 Å². The molecule has 106 valence electrons. The number of hydrogen-bond donors (Lipinski definition) is 2. The van der Waals surface area contributed by atoms with Gasteiger partial charge < -0.3 is 19.9 Å². The summed E-state index contributed by atoms with van der Waals surface area (Å²) in [6.45, 7) is 1.69. The first-order valence-electron chi connectivity index (χ1n) is 6.54. The highest BCUT2D eigenvalue weighted by molar-refractivity contribution is 9.10. The van der Waals surface area contributed by atoms with Crippen molar-refractivity contribution in [2.45, 2.75) is 25.0 Å². The number of methoxy groups -OCH3 is 1. The average molecular weight is 330 g/mol. The summed E-state index contributed by atoms with van der Waals surface area (Å²) in [5, 5.41) is 12.9. The molecule has 0 radical (unpaired) electrons. The Kier molecular flexibility index (Phi) is 5.63. The van der Waals surface area contributed by atoms with Gasteiger partial charge in [0.15, 0.2) is 0 Å². The maximum Gasteiger partial charge on any atom is 0.133 e. The number of nitrogens with one attached hydrogen (secondary N) is 1. The number of hydrogen-bond acceptors (Lipinski definition) is 4. The molecule has 4 nitrogen and oxygen atoms in total. The predicted molar refractivity (Wildman–Crippen MR) is 77.5 cm³/mol. The van der Waals surface area contributed by atoms with E-state index < -0.39 is 0 Å². The number of ether oxygens (including phenoxy) is 2. The van der Waals surface area contributed by atoms with E-state index in [1.807, 2.05) is 18.2 Å². The molecule has 0 aliphatic carbocycles. The molecule has 2 rings (SSSR count). The van der Waals surface area contributed by atoms with Crippen LogP contribution in [0.1, 0.15) is 24.4 Å². The maximum absolute atomic E-state index is 9.52. The number of rotatable bonds is 6. The van der Waals surface area contributed by atoms with Crippen molar-refractivity contribution in [3.05, 3.63) is 28.2 Å². The molecule has 19 heavy (non-hydrogen) atoms. The van der Waals surface area contributed by atoms with Crippen LogP contribution >= 0.6 is 15.9 Å². The van der Waals surface area contributed by atoms with Crippen molar-refractivity contribution in [1.29, 1.82) is 0 Å². The van der Waals surface area contributed by atoms with Gasteiger partial charge in [0.05, 0.1) is 30.3 Å². The first-order valence-corrected chi connectivity index (χ1v) is 7.33.